The maximum absolute atomic E-state index is 12.7. The van der Waals surface area contributed by atoms with E-state index in [0.29, 0.717) is 23.9 Å². The third kappa shape index (κ3) is 4.26. The Morgan fingerprint density at radius 1 is 1.45 bits per heavy atom. The molecular weight excluding hydrogens is 296 g/mol. The maximum Gasteiger partial charge on any atom is 0.252 e. The monoisotopic (exact) mass is 320 g/mol. The molecule has 20 heavy (non-hydrogen) atoms. The first-order valence-electron chi connectivity index (χ1n) is 6.71. The van der Waals surface area contributed by atoms with Crippen molar-refractivity contribution in [3.63, 3.8) is 0 Å². The van der Waals surface area contributed by atoms with Crippen molar-refractivity contribution >= 4 is 21.4 Å². The minimum absolute atomic E-state index is 0.0370. The van der Waals surface area contributed by atoms with Crippen LogP contribution in [0, 0.1) is 0 Å². The number of sulfonamides is 1. The van der Waals surface area contributed by atoms with E-state index in [1.807, 2.05) is 27.0 Å². The number of thiophene rings is 1. The van der Waals surface area contributed by atoms with E-state index in [1.165, 1.54) is 15.6 Å². The number of ether oxygens (including phenoxy) is 1. The van der Waals surface area contributed by atoms with E-state index in [9.17, 15) is 8.42 Å². The van der Waals surface area contributed by atoms with E-state index < -0.39 is 10.0 Å². The number of methoxy groups -OCH3 is 1. The van der Waals surface area contributed by atoms with Crippen LogP contribution in [0.5, 0.6) is 0 Å². The van der Waals surface area contributed by atoms with Crippen LogP contribution < -0.4 is 5.32 Å². The third-order valence-electron chi connectivity index (χ3n) is 3.15. The average molecular weight is 320 g/mol. The van der Waals surface area contributed by atoms with Gasteiger partial charge < -0.3 is 10.1 Å². The Morgan fingerprint density at radius 3 is 2.70 bits per heavy atom. The second kappa shape index (κ2) is 8.09. The lowest BCUT2D eigenvalue weighted by Crippen LogP contribution is -2.40. The lowest BCUT2D eigenvalue weighted by atomic mass is 10.3. The molecule has 5 nitrogen and oxygen atoms in total. The summed E-state index contributed by atoms with van der Waals surface area (Å²) in [5.41, 5.74) is 0. The first-order valence-corrected chi connectivity index (χ1v) is 8.97. The molecule has 0 saturated heterocycles. The standard InChI is InChI=1S/C13H24N2O3S2/c1-5-11(2)15(8-9-18-4)20(16,17)13-7-6-12(19-13)10-14-3/h6-7,11,14H,5,8-10H2,1-4H3. The quantitative estimate of drug-likeness (QED) is 0.755. The molecule has 1 N–H and O–H groups in total. The van der Waals surface area contributed by atoms with Gasteiger partial charge in [0, 0.05) is 31.1 Å². The summed E-state index contributed by atoms with van der Waals surface area (Å²) >= 11 is 1.32. The molecule has 1 atom stereocenters. The fourth-order valence-corrected chi connectivity index (χ4v) is 5.03. The largest absolute Gasteiger partial charge is 0.383 e. The molecular formula is C13H24N2O3S2. The van der Waals surface area contributed by atoms with Crippen LogP contribution >= 0.6 is 11.3 Å². The highest BCUT2D eigenvalue weighted by Gasteiger charge is 2.29. The van der Waals surface area contributed by atoms with Gasteiger partial charge in [0.1, 0.15) is 4.21 Å². The number of hydrogen-bond acceptors (Lipinski definition) is 5. The summed E-state index contributed by atoms with van der Waals surface area (Å²) in [5.74, 6) is 0. The van der Waals surface area contributed by atoms with Crippen molar-refractivity contribution < 1.29 is 13.2 Å². The molecule has 0 spiro atoms. The minimum atomic E-state index is -3.44. The molecule has 116 valence electrons. The lowest BCUT2D eigenvalue weighted by Gasteiger charge is -2.26. The fourth-order valence-electron chi connectivity index (χ4n) is 1.84. The molecule has 0 aliphatic heterocycles. The zero-order chi connectivity index (χ0) is 15.2. The van der Waals surface area contributed by atoms with Crippen LogP contribution in [-0.2, 0) is 21.3 Å². The van der Waals surface area contributed by atoms with Gasteiger partial charge in [-0.25, -0.2) is 8.42 Å². The van der Waals surface area contributed by atoms with Crippen molar-refractivity contribution in [2.45, 2.75) is 37.1 Å². The molecule has 1 unspecified atom stereocenters. The number of nitrogens with zero attached hydrogens (tertiary/aromatic N) is 1. The van der Waals surface area contributed by atoms with Gasteiger partial charge in [0.2, 0.25) is 0 Å². The molecule has 0 saturated carbocycles. The van der Waals surface area contributed by atoms with E-state index in [2.05, 4.69) is 5.32 Å². The van der Waals surface area contributed by atoms with Gasteiger partial charge >= 0.3 is 0 Å². The van der Waals surface area contributed by atoms with Crippen LogP contribution in [0.1, 0.15) is 25.1 Å². The number of rotatable bonds is 9. The zero-order valence-corrected chi connectivity index (χ0v) is 14.2. The second-order valence-corrected chi connectivity index (χ2v) is 7.90. The highest BCUT2D eigenvalue weighted by Crippen LogP contribution is 2.26. The Bertz CT molecular complexity index is 499. The number of hydrogen-bond donors (Lipinski definition) is 1. The van der Waals surface area contributed by atoms with E-state index in [1.54, 1.807) is 13.2 Å². The average Bonchev–Trinajstić information content (AvgIpc) is 2.88. The van der Waals surface area contributed by atoms with Crippen LogP contribution in [0.3, 0.4) is 0 Å². The third-order valence-corrected chi connectivity index (χ3v) is 6.72. The van der Waals surface area contributed by atoms with Crippen molar-refractivity contribution in [2.75, 3.05) is 27.3 Å². The van der Waals surface area contributed by atoms with Crippen LogP contribution in [-0.4, -0.2) is 46.1 Å². The summed E-state index contributed by atoms with van der Waals surface area (Å²) in [6.45, 7) is 5.38. The molecule has 0 aliphatic rings. The topological polar surface area (TPSA) is 58.6 Å². The summed E-state index contributed by atoms with van der Waals surface area (Å²) in [6.07, 6.45) is 0.775. The van der Waals surface area contributed by atoms with Crippen molar-refractivity contribution in [1.82, 2.24) is 9.62 Å². The molecule has 0 aliphatic carbocycles. The Balaban J connectivity index is 3.01. The smallest absolute Gasteiger partial charge is 0.252 e. The van der Waals surface area contributed by atoms with Gasteiger partial charge in [0.05, 0.1) is 6.61 Å². The first kappa shape index (κ1) is 17.6. The maximum atomic E-state index is 12.7. The van der Waals surface area contributed by atoms with E-state index in [-0.39, 0.29) is 6.04 Å². The van der Waals surface area contributed by atoms with Gasteiger partial charge in [-0.1, -0.05) is 6.92 Å². The lowest BCUT2D eigenvalue weighted by molar-refractivity contribution is 0.167. The Kier molecular flexibility index (Phi) is 7.11. The molecule has 0 bridgehead atoms. The Morgan fingerprint density at radius 2 is 2.15 bits per heavy atom. The van der Waals surface area contributed by atoms with E-state index in [4.69, 9.17) is 4.74 Å². The van der Waals surface area contributed by atoms with Gasteiger partial charge in [0.25, 0.3) is 10.0 Å². The number of nitrogens with one attached hydrogen (secondary N) is 1. The van der Waals surface area contributed by atoms with Gasteiger partial charge in [-0.05, 0) is 32.5 Å². The summed E-state index contributed by atoms with van der Waals surface area (Å²) in [7, 11) is -0.0119. The first-order chi connectivity index (χ1) is 9.47. The molecule has 1 aromatic heterocycles. The molecule has 0 fully saturated rings. The van der Waals surface area contributed by atoms with Crippen molar-refractivity contribution in [3.05, 3.63) is 17.0 Å². The van der Waals surface area contributed by atoms with Crippen molar-refractivity contribution in [3.8, 4) is 0 Å². The Labute approximate surface area is 126 Å². The van der Waals surface area contributed by atoms with Gasteiger partial charge in [-0.3, -0.25) is 0 Å². The minimum Gasteiger partial charge on any atom is -0.383 e. The van der Waals surface area contributed by atoms with Gasteiger partial charge in [0.15, 0.2) is 0 Å². The molecule has 0 aromatic carbocycles. The SMILES string of the molecule is CCC(C)N(CCOC)S(=O)(=O)c1ccc(CNC)s1. The summed E-state index contributed by atoms with van der Waals surface area (Å²) in [6, 6.07) is 3.51. The van der Waals surface area contributed by atoms with Crippen LogP contribution in [0.25, 0.3) is 0 Å². The molecule has 7 heteroatoms. The van der Waals surface area contributed by atoms with Crippen LogP contribution in [0.4, 0.5) is 0 Å². The van der Waals surface area contributed by atoms with Crippen molar-refractivity contribution in [2.24, 2.45) is 0 Å². The van der Waals surface area contributed by atoms with Crippen molar-refractivity contribution in [1.29, 1.82) is 0 Å². The van der Waals surface area contributed by atoms with E-state index in [0.717, 1.165) is 11.3 Å². The Hall–Kier alpha value is -0.470. The molecule has 1 rings (SSSR count). The molecule has 0 amide bonds. The highest BCUT2D eigenvalue weighted by molar-refractivity contribution is 7.91. The predicted molar refractivity (Wildman–Crippen MR) is 82.6 cm³/mol. The molecule has 0 radical (unpaired) electrons. The molecule has 1 heterocycles. The van der Waals surface area contributed by atoms with Crippen LogP contribution in [0.2, 0.25) is 0 Å². The summed E-state index contributed by atoms with van der Waals surface area (Å²) in [4.78, 5) is 1.02. The summed E-state index contributed by atoms with van der Waals surface area (Å²) < 4.78 is 32.4. The summed E-state index contributed by atoms with van der Waals surface area (Å²) in [5, 5.41) is 3.03. The normalized spacial score (nSPS) is 13.8. The van der Waals surface area contributed by atoms with Gasteiger partial charge in [-0.15, -0.1) is 11.3 Å². The molecule has 1 aromatic rings. The highest BCUT2D eigenvalue weighted by atomic mass is 32.2. The van der Waals surface area contributed by atoms with E-state index >= 15 is 0 Å². The van der Waals surface area contributed by atoms with Crippen LogP contribution in [0.15, 0.2) is 16.3 Å². The fraction of sp³-hybridized carbons (Fsp3) is 0.692. The predicted octanol–water partition coefficient (Wildman–Crippen LogP) is 1.90. The van der Waals surface area contributed by atoms with Gasteiger partial charge in [-0.2, -0.15) is 4.31 Å². The zero-order valence-electron chi connectivity index (χ0n) is 12.5. The second-order valence-electron chi connectivity index (χ2n) is 4.62.